The van der Waals surface area contributed by atoms with Crippen molar-refractivity contribution in [1.29, 1.82) is 0 Å². The van der Waals surface area contributed by atoms with Gasteiger partial charge in [0.2, 0.25) is 0 Å². The molecule has 4 rings (SSSR count). The van der Waals surface area contributed by atoms with Crippen LogP contribution in [0.25, 0.3) is 10.9 Å². The first-order chi connectivity index (χ1) is 12.8. The van der Waals surface area contributed by atoms with Gasteiger partial charge in [0.15, 0.2) is 0 Å². The van der Waals surface area contributed by atoms with Crippen LogP contribution in [0.1, 0.15) is 47.6 Å². The van der Waals surface area contributed by atoms with E-state index in [9.17, 15) is 4.79 Å². The Morgan fingerprint density at radius 1 is 1.12 bits per heavy atom. The zero-order chi connectivity index (χ0) is 17.8. The fraction of sp³-hybridized carbons (Fsp3) is 0.381. The Balaban J connectivity index is 1.58. The lowest BCUT2D eigenvalue weighted by Crippen LogP contribution is -2.36. The highest BCUT2D eigenvalue weighted by Crippen LogP contribution is 2.26. The molecule has 1 amide bonds. The smallest absolute Gasteiger partial charge is 0.272 e. The third-order valence-corrected chi connectivity index (χ3v) is 5.88. The van der Waals surface area contributed by atoms with Crippen LogP contribution in [0.3, 0.4) is 0 Å². The molecule has 1 saturated carbocycles. The van der Waals surface area contributed by atoms with E-state index < -0.39 is 0 Å². The van der Waals surface area contributed by atoms with E-state index in [1.54, 1.807) is 17.5 Å². The first-order valence-electron chi connectivity index (χ1n) is 9.33. The molecule has 1 aliphatic carbocycles. The van der Waals surface area contributed by atoms with Gasteiger partial charge in [0.1, 0.15) is 10.7 Å². The zero-order valence-electron chi connectivity index (χ0n) is 14.8. The van der Waals surface area contributed by atoms with Gasteiger partial charge in [-0.3, -0.25) is 4.79 Å². The number of benzene rings is 1. The van der Waals surface area contributed by atoms with Crippen molar-refractivity contribution >= 4 is 28.1 Å². The molecular formula is C21H23N3OS. The summed E-state index contributed by atoms with van der Waals surface area (Å²) >= 11 is 1.60. The summed E-state index contributed by atoms with van der Waals surface area (Å²) in [6, 6.07) is 11.8. The summed E-state index contributed by atoms with van der Waals surface area (Å²) < 4.78 is 0. The SMILES string of the molecule is O=C(c1ccc2ccccc2n1)N(Cc1nccs1)CC1CCCCC1. The number of thiazole rings is 1. The molecule has 0 atom stereocenters. The molecule has 1 aromatic carbocycles. The lowest BCUT2D eigenvalue weighted by atomic mass is 9.89. The largest absolute Gasteiger partial charge is 0.330 e. The van der Waals surface area contributed by atoms with Crippen LogP contribution in [0, 0.1) is 5.92 Å². The Morgan fingerprint density at radius 3 is 2.77 bits per heavy atom. The topological polar surface area (TPSA) is 46.1 Å². The van der Waals surface area contributed by atoms with E-state index in [1.165, 1.54) is 32.1 Å². The monoisotopic (exact) mass is 365 g/mol. The molecule has 26 heavy (non-hydrogen) atoms. The summed E-state index contributed by atoms with van der Waals surface area (Å²) in [6.07, 6.45) is 8.11. The van der Waals surface area contributed by atoms with E-state index in [-0.39, 0.29) is 5.91 Å². The van der Waals surface area contributed by atoms with Crippen molar-refractivity contribution < 1.29 is 4.79 Å². The van der Waals surface area contributed by atoms with Crippen molar-refractivity contribution in [3.63, 3.8) is 0 Å². The van der Waals surface area contributed by atoms with E-state index in [4.69, 9.17) is 0 Å². The Labute approximate surface area is 157 Å². The number of aromatic nitrogens is 2. The Hall–Kier alpha value is -2.27. The van der Waals surface area contributed by atoms with Crippen molar-refractivity contribution in [1.82, 2.24) is 14.9 Å². The number of carbonyl (C=O) groups is 1. The summed E-state index contributed by atoms with van der Waals surface area (Å²) in [7, 11) is 0. The van der Waals surface area contributed by atoms with Gasteiger partial charge in [-0.15, -0.1) is 11.3 Å². The molecular weight excluding hydrogens is 342 g/mol. The van der Waals surface area contributed by atoms with E-state index in [0.29, 0.717) is 18.2 Å². The van der Waals surface area contributed by atoms with Crippen LogP contribution in [0.2, 0.25) is 0 Å². The zero-order valence-corrected chi connectivity index (χ0v) is 15.6. The van der Waals surface area contributed by atoms with E-state index in [0.717, 1.165) is 22.5 Å². The molecule has 0 N–H and O–H groups in total. The van der Waals surface area contributed by atoms with Gasteiger partial charge in [-0.25, -0.2) is 9.97 Å². The molecule has 2 heterocycles. The Bertz CT molecular complexity index is 872. The van der Waals surface area contributed by atoms with Gasteiger partial charge in [-0.1, -0.05) is 43.5 Å². The van der Waals surface area contributed by atoms with Crippen LogP contribution in [0.4, 0.5) is 0 Å². The van der Waals surface area contributed by atoms with Crippen LogP contribution in [-0.2, 0) is 6.54 Å². The molecule has 0 spiro atoms. The highest BCUT2D eigenvalue weighted by Gasteiger charge is 2.23. The van der Waals surface area contributed by atoms with Gasteiger partial charge in [-0.2, -0.15) is 0 Å². The molecule has 1 fully saturated rings. The van der Waals surface area contributed by atoms with Crippen molar-refractivity contribution in [2.75, 3.05) is 6.54 Å². The molecule has 0 unspecified atom stereocenters. The first kappa shape index (κ1) is 17.2. The quantitative estimate of drug-likeness (QED) is 0.645. The van der Waals surface area contributed by atoms with Gasteiger partial charge < -0.3 is 4.90 Å². The average Bonchev–Trinajstić information content (AvgIpc) is 3.20. The van der Waals surface area contributed by atoms with Crippen LogP contribution in [0.5, 0.6) is 0 Å². The first-order valence-corrected chi connectivity index (χ1v) is 10.2. The number of rotatable bonds is 5. The molecule has 0 bridgehead atoms. The van der Waals surface area contributed by atoms with Crippen LogP contribution in [-0.4, -0.2) is 27.3 Å². The number of hydrogen-bond acceptors (Lipinski definition) is 4. The van der Waals surface area contributed by atoms with Gasteiger partial charge >= 0.3 is 0 Å². The third-order valence-electron chi connectivity index (χ3n) is 5.12. The second kappa shape index (κ2) is 7.96. The summed E-state index contributed by atoms with van der Waals surface area (Å²) in [5.41, 5.74) is 1.39. The number of para-hydroxylation sites is 1. The van der Waals surface area contributed by atoms with E-state index >= 15 is 0 Å². The highest BCUT2D eigenvalue weighted by molar-refractivity contribution is 7.09. The number of amides is 1. The second-order valence-electron chi connectivity index (χ2n) is 7.00. The summed E-state index contributed by atoms with van der Waals surface area (Å²) in [4.78, 5) is 24.2. The molecule has 2 aromatic heterocycles. The fourth-order valence-corrected chi connectivity index (χ4v) is 4.37. The minimum absolute atomic E-state index is 0.0107. The van der Waals surface area contributed by atoms with Gasteiger partial charge in [0, 0.05) is 23.5 Å². The molecule has 3 aromatic rings. The predicted octanol–water partition coefficient (Wildman–Crippen LogP) is 4.91. The maximum absolute atomic E-state index is 13.2. The lowest BCUT2D eigenvalue weighted by Gasteiger charge is -2.29. The molecule has 0 saturated heterocycles. The Morgan fingerprint density at radius 2 is 1.96 bits per heavy atom. The van der Waals surface area contributed by atoms with Crippen molar-refractivity contribution in [3.8, 4) is 0 Å². The maximum Gasteiger partial charge on any atom is 0.272 e. The van der Waals surface area contributed by atoms with E-state index in [2.05, 4.69) is 9.97 Å². The average molecular weight is 366 g/mol. The predicted molar refractivity (Wildman–Crippen MR) is 105 cm³/mol. The highest BCUT2D eigenvalue weighted by atomic mass is 32.1. The number of pyridine rings is 1. The second-order valence-corrected chi connectivity index (χ2v) is 7.98. The number of carbonyl (C=O) groups excluding carboxylic acids is 1. The molecule has 0 radical (unpaired) electrons. The number of fused-ring (bicyclic) bond motifs is 1. The maximum atomic E-state index is 13.2. The minimum Gasteiger partial charge on any atom is -0.330 e. The van der Waals surface area contributed by atoms with Crippen molar-refractivity contribution in [3.05, 3.63) is 58.7 Å². The third kappa shape index (κ3) is 3.93. The lowest BCUT2D eigenvalue weighted by molar-refractivity contribution is 0.0693. The molecule has 4 nitrogen and oxygen atoms in total. The summed E-state index contributed by atoms with van der Waals surface area (Å²) in [5.74, 6) is 0.602. The molecule has 134 valence electrons. The van der Waals surface area contributed by atoms with Crippen LogP contribution in [0.15, 0.2) is 48.0 Å². The minimum atomic E-state index is 0.0107. The van der Waals surface area contributed by atoms with Crippen molar-refractivity contribution in [2.45, 2.75) is 38.6 Å². The molecule has 0 aliphatic heterocycles. The Kier molecular flexibility index (Phi) is 5.25. The van der Waals surface area contributed by atoms with Gasteiger partial charge in [0.05, 0.1) is 12.1 Å². The molecule has 1 aliphatic rings. The van der Waals surface area contributed by atoms with Crippen LogP contribution < -0.4 is 0 Å². The standard InChI is InChI=1S/C21H23N3OS/c25-21(19-11-10-17-8-4-5-9-18(17)23-19)24(15-20-22-12-13-26-20)14-16-6-2-1-3-7-16/h4-5,8-13,16H,1-3,6-7,14-15H2. The number of nitrogens with zero attached hydrogens (tertiary/aromatic N) is 3. The van der Waals surface area contributed by atoms with Crippen molar-refractivity contribution in [2.24, 2.45) is 5.92 Å². The number of hydrogen-bond donors (Lipinski definition) is 0. The van der Waals surface area contributed by atoms with Gasteiger partial charge in [-0.05, 0) is 30.9 Å². The van der Waals surface area contributed by atoms with E-state index in [1.807, 2.05) is 46.7 Å². The fourth-order valence-electron chi connectivity index (χ4n) is 3.74. The summed E-state index contributed by atoms with van der Waals surface area (Å²) in [5, 5.41) is 4.00. The summed E-state index contributed by atoms with van der Waals surface area (Å²) in [6.45, 7) is 1.37. The normalized spacial score (nSPS) is 15.2. The molecule has 5 heteroatoms. The van der Waals surface area contributed by atoms with Gasteiger partial charge in [0.25, 0.3) is 5.91 Å². The van der Waals surface area contributed by atoms with Crippen LogP contribution >= 0.6 is 11.3 Å².